The second kappa shape index (κ2) is 6.42. The van der Waals surface area contributed by atoms with Gasteiger partial charge in [-0.25, -0.2) is 4.98 Å². The highest BCUT2D eigenvalue weighted by molar-refractivity contribution is 7.07. The van der Waals surface area contributed by atoms with Gasteiger partial charge in [0, 0.05) is 44.0 Å². The molecule has 0 spiro atoms. The second-order valence-corrected chi connectivity index (χ2v) is 7.16. The lowest BCUT2D eigenvalue weighted by molar-refractivity contribution is -0.134. The van der Waals surface area contributed by atoms with E-state index in [1.165, 1.54) is 5.56 Å². The minimum Gasteiger partial charge on any atom is -0.340 e. The van der Waals surface area contributed by atoms with E-state index in [1.54, 1.807) is 11.3 Å². The quantitative estimate of drug-likeness (QED) is 0.866. The van der Waals surface area contributed by atoms with Crippen molar-refractivity contribution in [2.24, 2.45) is 5.92 Å². The molecule has 0 radical (unpaired) electrons. The number of rotatable bonds is 4. The third-order valence-corrected chi connectivity index (χ3v) is 5.52. The first kappa shape index (κ1) is 14.8. The van der Waals surface area contributed by atoms with Crippen LogP contribution in [0.25, 0.3) is 0 Å². The van der Waals surface area contributed by atoms with Crippen molar-refractivity contribution >= 4 is 17.2 Å². The molecular formula is C18H21N3OS. The zero-order valence-corrected chi connectivity index (χ0v) is 13.9. The summed E-state index contributed by atoms with van der Waals surface area (Å²) in [4.78, 5) is 21.5. The highest BCUT2D eigenvalue weighted by atomic mass is 32.1. The van der Waals surface area contributed by atoms with Gasteiger partial charge in [0.15, 0.2) is 0 Å². The van der Waals surface area contributed by atoms with Gasteiger partial charge in [-0.15, -0.1) is 11.3 Å². The van der Waals surface area contributed by atoms with E-state index < -0.39 is 0 Å². The van der Waals surface area contributed by atoms with Crippen LogP contribution in [0, 0.1) is 5.92 Å². The summed E-state index contributed by atoms with van der Waals surface area (Å²) in [5.41, 5.74) is 4.33. The molecular weight excluding hydrogens is 306 g/mol. The molecule has 4 rings (SSSR count). The Morgan fingerprint density at radius 2 is 1.96 bits per heavy atom. The van der Waals surface area contributed by atoms with E-state index in [1.807, 2.05) is 11.6 Å². The van der Waals surface area contributed by atoms with Gasteiger partial charge in [-0.2, -0.15) is 0 Å². The Kier molecular flexibility index (Phi) is 4.14. The Labute approximate surface area is 140 Å². The third-order valence-electron chi connectivity index (χ3n) is 4.89. The molecule has 2 heterocycles. The number of hydrogen-bond donors (Lipinski definition) is 0. The highest BCUT2D eigenvalue weighted by Crippen LogP contribution is 2.48. The number of carbonyl (C=O) groups is 1. The number of carbonyl (C=O) groups excluding carboxylic acids is 1. The number of nitrogens with zero attached hydrogens (tertiary/aromatic N) is 3. The van der Waals surface area contributed by atoms with Gasteiger partial charge in [-0.05, 0) is 17.9 Å². The summed E-state index contributed by atoms with van der Waals surface area (Å²) in [6, 6.07) is 10.4. The Morgan fingerprint density at radius 1 is 1.17 bits per heavy atom. The van der Waals surface area contributed by atoms with E-state index in [-0.39, 0.29) is 5.92 Å². The summed E-state index contributed by atoms with van der Waals surface area (Å²) in [5.74, 6) is 1.01. The zero-order chi connectivity index (χ0) is 15.6. The largest absolute Gasteiger partial charge is 0.340 e. The molecule has 1 amide bonds. The molecule has 2 atom stereocenters. The Morgan fingerprint density at radius 3 is 2.65 bits per heavy atom. The average Bonchev–Trinajstić information content (AvgIpc) is 3.25. The van der Waals surface area contributed by atoms with Gasteiger partial charge in [-0.3, -0.25) is 9.69 Å². The van der Waals surface area contributed by atoms with Crippen molar-refractivity contribution in [1.29, 1.82) is 0 Å². The average molecular weight is 327 g/mol. The summed E-state index contributed by atoms with van der Waals surface area (Å²) >= 11 is 1.64. The van der Waals surface area contributed by atoms with Crippen LogP contribution in [0.4, 0.5) is 0 Å². The lowest BCUT2D eigenvalue weighted by Crippen LogP contribution is -2.48. The molecule has 5 heteroatoms. The Hall–Kier alpha value is -1.72. The lowest BCUT2D eigenvalue weighted by Gasteiger charge is -2.34. The number of benzene rings is 1. The topological polar surface area (TPSA) is 36.4 Å². The molecule has 120 valence electrons. The van der Waals surface area contributed by atoms with Gasteiger partial charge in [0.2, 0.25) is 5.91 Å². The highest BCUT2D eigenvalue weighted by Gasteiger charge is 2.45. The van der Waals surface area contributed by atoms with E-state index in [9.17, 15) is 4.79 Å². The van der Waals surface area contributed by atoms with Crippen molar-refractivity contribution < 1.29 is 4.79 Å². The maximum atomic E-state index is 12.7. The molecule has 1 aliphatic carbocycles. The fraction of sp³-hybridized carbons (Fsp3) is 0.444. The van der Waals surface area contributed by atoms with Crippen LogP contribution in [0.2, 0.25) is 0 Å². The summed E-state index contributed by atoms with van der Waals surface area (Å²) in [5, 5.41) is 2.10. The number of piperazine rings is 1. The Bertz CT molecular complexity index is 650. The summed E-state index contributed by atoms with van der Waals surface area (Å²) in [6.07, 6.45) is 1.02. The van der Waals surface area contributed by atoms with Crippen molar-refractivity contribution in [2.75, 3.05) is 26.2 Å². The zero-order valence-electron chi connectivity index (χ0n) is 13.1. The van der Waals surface area contributed by atoms with E-state index in [0.717, 1.165) is 44.8 Å². The summed E-state index contributed by atoms with van der Waals surface area (Å²) < 4.78 is 0. The predicted molar refractivity (Wildman–Crippen MR) is 91.3 cm³/mol. The van der Waals surface area contributed by atoms with Gasteiger partial charge in [0.1, 0.15) is 0 Å². The van der Waals surface area contributed by atoms with Crippen LogP contribution >= 0.6 is 11.3 Å². The molecule has 1 saturated carbocycles. The van der Waals surface area contributed by atoms with E-state index in [0.29, 0.717) is 11.8 Å². The summed E-state index contributed by atoms with van der Waals surface area (Å²) in [6.45, 7) is 4.50. The van der Waals surface area contributed by atoms with Crippen LogP contribution in [-0.4, -0.2) is 46.9 Å². The molecule has 1 saturated heterocycles. The van der Waals surface area contributed by atoms with Crippen LogP contribution in [0.15, 0.2) is 41.2 Å². The molecule has 2 aliphatic rings. The Balaban J connectivity index is 1.28. The first-order valence-electron chi connectivity index (χ1n) is 8.24. The van der Waals surface area contributed by atoms with Crippen molar-refractivity contribution in [3.05, 3.63) is 52.5 Å². The maximum absolute atomic E-state index is 12.7. The first-order valence-corrected chi connectivity index (χ1v) is 9.18. The molecule has 4 nitrogen and oxygen atoms in total. The number of aromatic nitrogens is 1. The van der Waals surface area contributed by atoms with Crippen molar-refractivity contribution in [3.8, 4) is 0 Å². The van der Waals surface area contributed by atoms with E-state index >= 15 is 0 Å². The van der Waals surface area contributed by atoms with Crippen molar-refractivity contribution in [1.82, 2.24) is 14.8 Å². The number of hydrogen-bond acceptors (Lipinski definition) is 4. The first-order chi connectivity index (χ1) is 11.3. The molecule has 1 aliphatic heterocycles. The number of thiazole rings is 1. The third kappa shape index (κ3) is 3.31. The minimum atomic E-state index is 0.211. The van der Waals surface area contributed by atoms with Gasteiger partial charge >= 0.3 is 0 Å². The fourth-order valence-corrected chi connectivity index (χ4v) is 3.99. The normalized spacial score (nSPS) is 24.6. The molecule has 0 N–H and O–H groups in total. The van der Waals surface area contributed by atoms with Crippen molar-refractivity contribution in [2.45, 2.75) is 18.9 Å². The lowest BCUT2D eigenvalue weighted by atomic mass is 10.1. The van der Waals surface area contributed by atoms with Crippen molar-refractivity contribution in [3.63, 3.8) is 0 Å². The summed E-state index contributed by atoms with van der Waals surface area (Å²) in [7, 11) is 0. The maximum Gasteiger partial charge on any atom is 0.226 e. The minimum absolute atomic E-state index is 0.211. The van der Waals surface area contributed by atoms with Gasteiger partial charge in [0.25, 0.3) is 0 Å². The van der Waals surface area contributed by atoms with Gasteiger partial charge < -0.3 is 4.90 Å². The van der Waals surface area contributed by atoms with E-state index in [2.05, 4.69) is 44.4 Å². The molecule has 2 fully saturated rings. The fourth-order valence-electron chi connectivity index (χ4n) is 3.44. The standard InChI is InChI=1S/C18H21N3OS/c22-18(17-10-16(17)14-4-2-1-3-5-14)21-8-6-20(7-9-21)11-15-12-23-13-19-15/h1-5,12-13,16-17H,6-11H2/t16-,17-/m0/s1. The van der Waals surface area contributed by atoms with Crippen LogP contribution in [0.5, 0.6) is 0 Å². The van der Waals surface area contributed by atoms with E-state index in [4.69, 9.17) is 0 Å². The monoisotopic (exact) mass is 327 g/mol. The predicted octanol–water partition coefficient (Wildman–Crippen LogP) is 2.59. The van der Waals surface area contributed by atoms with Crippen LogP contribution in [-0.2, 0) is 11.3 Å². The molecule has 0 unspecified atom stereocenters. The smallest absolute Gasteiger partial charge is 0.226 e. The van der Waals surface area contributed by atoms with Gasteiger partial charge in [-0.1, -0.05) is 30.3 Å². The SMILES string of the molecule is O=C([C@H]1C[C@H]1c1ccccc1)N1CCN(Cc2cscn2)CC1. The molecule has 23 heavy (non-hydrogen) atoms. The van der Waals surface area contributed by atoms with Crippen LogP contribution in [0.3, 0.4) is 0 Å². The molecule has 2 aromatic rings. The number of amides is 1. The van der Waals surface area contributed by atoms with Gasteiger partial charge in [0.05, 0.1) is 11.2 Å². The molecule has 1 aromatic heterocycles. The van der Waals surface area contributed by atoms with Crippen LogP contribution < -0.4 is 0 Å². The second-order valence-electron chi connectivity index (χ2n) is 6.44. The van der Waals surface area contributed by atoms with Crippen LogP contribution in [0.1, 0.15) is 23.6 Å². The molecule has 0 bridgehead atoms. The molecule has 1 aromatic carbocycles.